The highest BCUT2D eigenvalue weighted by molar-refractivity contribution is 6.07. The summed E-state index contributed by atoms with van der Waals surface area (Å²) in [6.07, 6.45) is 3.33. The van der Waals surface area contributed by atoms with Crippen LogP contribution in [0.5, 0.6) is 0 Å². The molecule has 6 nitrogen and oxygen atoms in total. The predicted octanol–water partition coefficient (Wildman–Crippen LogP) is 5.37. The van der Waals surface area contributed by atoms with Gasteiger partial charge < -0.3 is 10.2 Å². The fourth-order valence-corrected chi connectivity index (χ4v) is 3.50. The van der Waals surface area contributed by atoms with Gasteiger partial charge in [-0.05, 0) is 69.3 Å². The molecule has 0 atom stereocenters. The Hall–Kier alpha value is -3.93. The van der Waals surface area contributed by atoms with Crippen LogP contribution in [0.3, 0.4) is 0 Å². The van der Waals surface area contributed by atoms with Crippen LogP contribution < -0.4 is 10.2 Å². The first-order valence-electron chi connectivity index (χ1n) is 10.3. The van der Waals surface area contributed by atoms with Gasteiger partial charge in [0.05, 0.1) is 17.5 Å². The van der Waals surface area contributed by atoms with E-state index < -0.39 is 0 Å². The van der Waals surface area contributed by atoms with Crippen LogP contribution in [0, 0.1) is 6.92 Å². The van der Waals surface area contributed by atoms with E-state index >= 15 is 0 Å². The Morgan fingerprint density at radius 3 is 2.26 bits per heavy atom. The fourth-order valence-electron chi connectivity index (χ4n) is 3.50. The maximum Gasteiger partial charge on any atom is 0.261 e. The Kier molecular flexibility index (Phi) is 5.80. The lowest BCUT2D eigenvalue weighted by Gasteiger charge is -2.27. The van der Waals surface area contributed by atoms with Gasteiger partial charge in [0.2, 0.25) is 0 Å². The van der Waals surface area contributed by atoms with Crippen molar-refractivity contribution in [3.8, 4) is 5.82 Å². The van der Waals surface area contributed by atoms with Crippen molar-refractivity contribution >= 4 is 23.0 Å². The molecule has 4 rings (SSSR count). The number of aromatic nitrogens is 3. The van der Waals surface area contributed by atoms with Gasteiger partial charge in [0.1, 0.15) is 0 Å². The SMILES string of the molecule is Cc1c(C(=O)N(c2ccc(Nc3ccccc3)cc2)C(C)C)cnn1-c1ccccn1. The van der Waals surface area contributed by atoms with Crippen molar-refractivity contribution in [1.29, 1.82) is 0 Å². The molecule has 6 heteroatoms. The van der Waals surface area contributed by atoms with Crippen LogP contribution in [0.25, 0.3) is 5.82 Å². The van der Waals surface area contributed by atoms with Gasteiger partial charge in [-0.25, -0.2) is 9.67 Å². The highest BCUT2D eigenvalue weighted by Crippen LogP contribution is 2.25. The second kappa shape index (κ2) is 8.83. The second-order valence-electron chi connectivity index (χ2n) is 7.55. The second-order valence-corrected chi connectivity index (χ2v) is 7.55. The summed E-state index contributed by atoms with van der Waals surface area (Å²) in [6.45, 7) is 5.90. The van der Waals surface area contributed by atoms with E-state index in [4.69, 9.17) is 0 Å². The van der Waals surface area contributed by atoms with Gasteiger partial charge in [-0.15, -0.1) is 0 Å². The first-order chi connectivity index (χ1) is 15.0. The molecule has 0 aliphatic heterocycles. The highest BCUT2D eigenvalue weighted by atomic mass is 16.2. The number of carbonyl (C=O) groups is 1. The molecule has 0 fully saturated rings. The lowest BCUT2D eigenvalue weighted by Crippen LogP contribution is -2.37. The van der Waals surface area contributed by atoms with Crippen LogP contribution in [0.4, 0.5) is 17.1 Å². The molecule has 31 heavy (non-hydrogen) atoms. The molecule has 0 saturated heterocycles. The molecule has 0 spiro atoms. The molecule has 2 aromatic carbocycles. The van der Waals surface area contributed by atoms with E-state index in [2.05, 4.69) is 15.4 Å². The van der Waals surface area contributed by atoms with E-state index in [1.165, 1.54) is 0 Å². The van der Waals surface area contributed by atoms with E-state index in [0.717, 1.165) is 22.8 Å². The molecule has 0 saturated carbocycles. The normalized spacial score (nSPS) is 10.8. The van der Waals surface area contributed by atoms with E-state index in [1.807, 2.05) is 93.6 Å². The lowest BCUT2D eigenvalue weighted by atomic mass is 10.1. The Morgan fingerprint density at radius 1 is 0.935 bits per heavy atom. The van der Waals surface area contributed by atoms with E-state index in [-0.39, 0.29) is 11.9 Å². The minimum absolute atomic E-state index is 0.0157. The number of nitrogens with zero attached hydrogens (tertiary/aromatic N) is 4. The van der Waals surface area contributed by atoms with Crippen LogP contribution >= 0.6 is 0 Å². The van der Waals surface area contributed by atoms with Crippen molar-refractivity contribution in [2.75, 3.05) is 10.2 Å². The molecule has 4 aromatic rings. The predicted molar refractivity (Wildman–Crippen MR) is 124 cm³/mol. The van der Waals surface area contributed by atoms with Crippen LogP contribution in [0.1, 0.15) is 29.9 Å². The number of pyridine rings is 1. The molecule has 0 aliphatic rings. The van der Waals surface area contributed by atoms with Crippen molar-refractivity contribution < 1.29 is 4.79 Å². The summed E-state index contributed by atoms with van der Waals surface area (Å²) in [5, 5.41) is 7.77. The largest absolute Gasteiger partial charge is 0.356 e. The number of anilines is 3. The average Bonchev–Trinajstić information content (AvgIpc) is 3.17. The third-order valence-electron chi connectivity index (χ3n) is 5.05. The van der Waals surface area contributed by atoms with Crippen molar-refractivity contribution in [3.63, 3.8) is 0 Å². The van der Waals surface area contributed by atoms with E-state index in [1.54, 1.807) is 22.0 Å². The first kappa shape index (κ1) is 20.3. The Labute approximate surface area is 182 Å². The van der Waals surface area contributed by atoms with Crippen LogP contribution in [-0.4, -0.2) is 26.7 Å². The third-order valence-corrected chi connectivity index (χ3v) is 5.05. The van der Waals surface area contributed by atoms with Gasteiger partial charge in [0.15, 0.2) is 5.82 Å². The van der Waals surface area contributed by atoms with Crippen LogP contribution in [-0.2, 0) is 0 Å². The molecule has 2 heterocycles. The zero-order valence-corrected chi connectivity index (χ0v) is 17.9. The summed E-state index contributed by atoms with van der Waals surface area (Å²) in [5.74, 6) is 0.602. The number of para-hydroxylation sites is 1. The average molecular weight is 412 g/mol. The monoisotopic (exact) mass is 411 g/mol. The van der Waals surface area contributed by atoms with Crippen molar-refractivity contribution in [2.24, 2.45) is 0 Å². The van der Waals surface area contributed by atoms with Crippen LogP contribution in [0.2, 0.25) is 0 Å². The maximum atomic E-state index is 13.5. The highest BCUT2D eigenvalue weighted by Gasteiger charge is 2.25. The molecule has 1 N–H and O–H groups in total. The Morgan fingerprint density at radius 2 is 1.61 bits per heavy atom. The summed E-state index contributed by atoms with van der Waals surface area (Å²) in [4.78, 5) is 19.6. The van der Waals surface area contributed by atoms with E-state index in [9.17, 15) is 4.79 Å². The summed E-state index contributed by atoms with van der Waals surface area (Å²) < 4.78 is 1.69. The van der Waals surface area contributed by atoms with Gasteiger partial charge in [-0.1, -0.05) is 24.3 Å². The quantitative estimate of drug-likeness (QED) is 0.463. The molecule has 2 aromatic heterocycles. The molecule has 0 aliphatic carbocycles. The Balaban J connectivity index is 1.59. The number of amides is 1. The number of rotatable bonds is 6. The zero-order chi connectivity index (χ0) is 21.8. The smallest absolute Gasteiger partial charge is 0.261 e. The summed E-state index contributed by atoms with van der Waals surface area (Å²) in [5.41, 5.74) is 4.14. The molecular weight excluding hydrogens is 386 g/mol. The van der Waals surface area contributed by atoms with Gasteiger partial charge in [-0.3, -0.25) is 4.79 Å². The summed E-state index contributed by atoms with van der Waals surface area (Å²) in [7, 11) is 0. The fraction of sp³-hybridized carbons (Fsp3) is 0.160. The molecule has 0 bridgehead atoms. The minimum Gasteiger partial charge on any atom is -0.356 e. The lowest BCUT2D eigenvalue weighted by molar-refractivity contribution is 0.0979. The standard InChI is InChI=1S/C25H25N5O/c1-18(2)29(22-14-12-21(13-15-22)28-20-9-5-4-6-10-20)25(31)23-17-27-30(19(23)3)24-11-7-8-16-26-24/h4-18,28H,1-3H3. The van der Waals surface area contributed by atoms with Crippen molar-refractivity contribution in [1.82, 2.24) is 14.8 Å². The van der Waals surface area contributed by atoms with Crippen molar-refractivity contribution in [3.05, 3.63) is 96.4 Å². The van der Waals surface area contributed by atoms with Crippen LogP contribution in [0.15, 0.2) is 85.2 Å². The van der Waals surface area contributed by atoms with Gasteiger partial charge >= 0.3 is 0 Å². The number of hydrogen-bond acceptors (Lipinski definition) is 4. The van der Waals surface area contributed by atoms with Gasteiger partial charge in [0.25, 0.3) is 5.91 Å². The van der Waals surface area contributed by atoms with E-state index in [0.29, 0.717) is 11.4 Å². The topological polar surface area (TPSA) is 63.1 Å². The van der Waals surface area contributed by atoms with Gasteiger partial charge in [0, 0.05) is 29.3 Å². The number of hydrogen-bond donors (Lipinski definition) is 1. The Bertz CT molecular complexity index is 1150. The molecule has 0 unspecified atom stereocenters. The molecule has 0 radical (unpaired) electrons. The molecule has 156 valence electrons. The third kappa shape index (κ3) is 4.33. The zero-order valence-electron chi connectivity index (χ0n) is 17.9. The minimum atomic E-state index is -0.0848. The summed E-state index contributed by atoms with van der Waals surface area (Å²) in [6, 6.07) is 23.5. The first-order valence-corrected chi connectivity index (χ1v) is 10.3. The number of carbonyl (C=O) groups excluding carboxylic acids is 1. The number of nitrogens with one attached hydrogen (secondary N) is 1. The summed E-state index contributed by atoms with van der Waals surface area (Å²) >= 11 is 0. The maximum absolute atomic E-state index is 13.5. The molecular formula is C25H25N5O. The van der Waals surface area contributed by atoms with Crippen molar-refractivity contribution in [2.45, 2.75) is 26.8 Å². The molecule has 1 amide bonds. The van der Waals surface area contributed by atoms with Gasteiger partial charge in [-0.2, -0.15) is 5.10 Å². The number of benzene rings is 2.